The lowest BCUT2D eigenvalue weighted by molar-refractivity contribution is -0.156. The lowest BCUT2D eigenvalue weighted by Crippen LogP contribution is -2.37. The highest BCUT2D eigenvalue weighted by molar-refractivity contribution is 7.11. The van der Waals surface area contributed by atoms with Gasteiger partial charge in [-0.15, -0.1) is 11.3 Å². The predicted octanol–water partition coefficient (Wildman–Crippen LogP) is 9.03. The topological polar surface area (TPSA) is 79.7 Å². The summed E-state index contributed by atoms with van der Waals surface area (Å²) in [4.78, 5) is 19.4. The molecule has 1 aromatic rings. The van der Waals surface area contributed by atoms with Crippen molar-refractivity contribution in [3.63, 3.8) is 0 Å². The number of ether oxygens (including phenoxy) is 1. The Morgan fingerprint density at radius 3 is 2.67 bits per heavy atom. The van der Waals surface area contributed by atoms with E-state index in [4.69, 9.17) is 9.72 Å². The molecule has 45 heavy (non-hydrogen) atoms. The third-order valence-electron chi connectivity index (χ3n) is 12.3. The van der Waals surface area contributed by atoms with Crippen LogP contribution in [0.3, 0.4) is 0 Å². The summed E-state index contributed by atoms with van der Waals surface area (Å²) in [7, 11) is 0. The number of aliphatic hydroxyl groups excluding tert-OH is 2. The Bertz CT molecular complexity index is 1260. The van der Waals surface area contributed by atoms with Crippen molar-refractivity contribution < 1.29 is 19.7 Å². The molecule has 250 valence electrons. The van der Waals surface area contributed by atoms with Gasteiger partial charge in [0, 0.05) is 17.5 Å². The van der Waals surface area contributed by atoms with Crippen molar-refractivity contribution in [1.29, 1.82) is 0 Å². The Morgan fingerprint density at radius 2 is 1.96 bits per heavy atom. The van der Waals surface area contributed by atoms with Gasteiger partial charge >= 0.3 is 5.97 Å². The predicted molar refractivity (Wildman–Crippen MR) is 184 cm³/mol. The summed E-state index contributed by atoms with van der Waals surface area (Å²) >= 11 is 1.85. The van der Waals surface area contributed by atoms with Crippen molar-refractivity contribution in [1.82, 2.24) is 4.98 Å². The van der Waals surface area contributed by atoms with Crippen LogP contribution in [-0.4, -0.2) is 39.5 Å². The maximum atomic E-state index is 13.2. The van der Waals surface area contributed by atoms with Crippen LogP contribution in [-0.2, 0) is 21.4 Å². The van der Waals surface area contributed by atoms with Crippen LogP contribution in [0.1, 0.15) is 134 Å². The van der Waals surface area contributed by atoms with E-state index in [1.807, 2.05) is 18.3 Å². The van der Waals surface area contributed by atoms with Gasteiger partial charge in [-0.3, -0.25) is 4.79 Å². The van der Waals surface area contributed by atoms with E-state index in [-0.39, 0.29) is 28.8 Å². The largest absolute Gasteiger partial charge is 0.461 e. The fraction of sp³-hybridized carbons (Fsp3) is 0.744. The molecule has 5 rings (SSSR count). The molecule has 2 N–H and O–H groups in total. The lowest BCUT2D eigenvalue weighted by atomic mass is 9.60. The number of hydrogen-bond acceptors (Lipinski definition) is 6. The second-order valence-corrected chi connectivity index (χ2v) is 16.5. The maximum Gasteiger partial charge on any atom is 0.308 e. The number of aliphatic hydroxyl groups is 2. The minimum Gasteiger partial charge on any atom is -0.461 e. The van der Waals surface area contributed by atoms with Crippen molar-refractivity contribution >= 4 is 17.3 Å². The molecule has 0 aliphatic heterocycles. The van der Waals surface area contributed by atoms with Gasteiger partial charge in [-0.2, -0.15) is 0 Å². The molecule has 0 spiro atoms. The van der Waals surface area contributed by atoms with E-state index >= 15 is 0 Å². The summed E-state index contributed by atoms with van der Waals surface area (Å²) in [5, 5.41) is 21.7. The minimum atomic E-state index is -0.645. The van der Waals surface area contributed by atoms with Gasteiger partial charge < -0.3 is 14.9 Å². The molecule has 1 unspecified atom stereocenters. The summed E-state index contributed by atoms with van der Waals surface area (Å²) in [5.41, 5.74) is 3.47. The molecule has 0 radical (unpaired) electrons. The first-order chi connectivity index (χ1) is 21.5. The maximum absolute atomic E-state index is 13.2. The van der Waals surface area contributed by atoms with Gasteiger partial charge in [0.2, 0.25) is 0 Å². The third kappa shape index (κ3) is 7.38. The van der Waals surface area contributed by atoms with Gasteiger partial charge in [0.15, 0.2) is 0 Å². The summed E-state index contributed by atoms with van der Waals surface area (Å²) in [6.07, 6.45) is 20.7. The molecule has 1 aromatic heterocycles. The summed E-state index contributed by atoms with van der Waals surface area (Å²) in [5.74, 6) is 1.65. The Morgan fingerprint density at radius 1 is 1.18 bits per heavy atom. The molecule has 0 aromatic carbocycles. The smallest absolute Gasteiger partial charge is 0.308 e. The molecule has 8 atom stereocenters. The Labute approximate surface area is 276 Å². The van der Waals surface area contributed by atoms with Crippen LogP contribution < -0.4 is 0 Å². The molecule has 0 bridgehead atoms. The summed E-state index contributed by atoms with van der Waals surface area (Å²) in [6, 6.07) is 0. The zero-order valence-corrected chi connectivity index (χ0v) is 29.5. The molecule has 6 heteroatoms. The fourth-order valence-electron chi connectivity index (χ4n) is 8.98. The summed E-state index contributed by atoms with van der Waals surface area (Å²) in [6.45, 7) is 15.4. The van der Waals surface area contributed by atoms with Crippen molar-refractivity contribution in [2.75, 3.05) is 0 Å². The van der Waals surface area contributed by atoms with Gasteiger partial charge in [-0.25, -0.2) is 4.98 Å². The first-order valence-corrected chi connectivity index (χ1v) is 18.9. The monoisotopic (exact) mass is 637 g/mol. The highest BCUT2D eigenvalue weighted by Gasteiger charge is 2.56. The number of aromatic nitrogens is 1. The number of allylic oxidation sites excluding steroid dienone is 3. The van der Waals surface area contributed by atoms with E-state index < -0.39 is 12.2 Å². The van der Waals surface area contributed by atoms with Crippen LogP contribution in [0.25, 0.3) is 0 Å². The first kappa shape index (κ1) is 34.6. The second-order valence-electron chi connectivity index (χ2n) is 15.3. The van der Waals surface area contributed by atoms with Crippen molar-refractivity contribution in [2.24, 2.45) is 29.1 Å². The minimum absolute atomic E-state index is 0.0473. The molecule has 4 aliphatic carbocycles. The zero-order chi connectivity index (χ0) is 32.4. The van der Waals surface area contributed by atoms with Gasteiger partial charge in [-0.05, 0) is 118 Å². The van der Waals surface area contributed by atoms with E-state index in [2.05, 4.69) is 52.6 Å². The van der Waals surface area contributed by atoms with E-state index in [0.717, 1.165) is 56.1 Å². The van der Waals surface area contributed by atoms with Crippen molar-refractivity contribution in [3.05, 3.63) is 51.5 Å². The molecule has 0 amide bonds. The van der Waals surface area contributed by atoms with Crippen LogP contribution in [0.2, 0.25) is 0 Å². The molecule has 0 saturated heterocycles. The van der Waals surface area contributed by atoms with Crippen LogP contribution in [0, 0.1) is 29.1 Å². The number of carbonyl (C=O) groups excluding carboxylic acids is 1. The number of thiazole rings is 1. The number of carbonyl (C=O) groups is 1. The van der Waals surface area contributed by atoms with Crippen LogP contribution >= 0.6 is 11.3 Å². The normalized spacial score (nSPS) is 33.2. The van der Waals surface area contributed by atoms with Gasteiger partial charge in [0.05, 0.1) is 23.5 Å². The fourth-order valence-corrected chi connectivity index (χ4v) is 10.2. The first-order valence-electron chi connectivity index (χ1n) is 18.1. The number of rotatable bonds is 13. The number of nitrogens with zero attached hydrogens (tertiary/aromatic N) is 1. The van der Waals surface area contributed by atoms with E-state index in [9.17, 15) is 15.0 Å². The average Bonchev–Trinajstić information content (AvgIpc) is 3.53. The Kier molecular flexibility index (Phi) is 11.2. The molecular formula is C39H59NO4S. The van der Waals surface area contributed by atoms with Gasteiger partial charge in [0.25, 0.3) is 0 Å². The van der Waals surface area contributed by atoms with Gasteiger partial charge in [-0.1, -0.05) is 65.3 Å². The van der Waals surface area contributed by atoms with Crippen LogP contribution in [0.5, 0.6) is 0 Å². The molecule has 1 heterocycles. The van der Waals surface area contributed by atoms with E-state index in [0.29, 0.717) is 30.6 Å². The Balaban J connectivity index is 1.29. The second kappa shape index (κ2) is 14.6. The standard InChI is InChI=1S/C39H59NO4S/c1-7-9-12-31-24-40-37(45-31)39(20-21-39)35(44-36(43)25(3)8-2)18-13-26(4)32-16-17-33-28(11-10-19-38(32,33)6)14-15-29-22-30(41)23-34(42)27(29)5/h14-15,24-26,30,32-35,41-42H,5,7-13,16-23H2,1-4,6H3/t25?,26-,30-,32-,33+,34+,35-,38-/m1/s1. The van der Waals surface area contributed by atoms with Crippen LogP contribution in [0.15, 0.2) is 41.6 Å². The Hall–Kier alpha value is -1.76. The van der Waals surface area contributed by atoms with Crippen molar-refractivity contribution in [2.45, 2.75) is 155 Å². The summed E-state index contributed by atoms with van der Waals surface area (Å²) < 4.78 is 6.42. The number of hydrogen-bond donors (Lipinski definition) is 2. The molecule has 4 saturated carbocycles. The molecule has 4 aliphatic rings. The number of unbranched alkanes of at least 4 members (excludes halogenated alkanes) is 1. The van der Waals surface area contributed by atoms with Crippen LogP contribution in [0.4, 0.5) is 0 Å². The quantitative estimate of drug-likeness (QED) is 0.211. The lowest BCUT2D eigenvalue weighted by Gasteiger charge is -2.44. The average molecular weight is 638 g/mol. The molecule has 5 nitrogen and oxygen atoms in total. The van der Waals surface area contributed by atoms with E-state index in [1.54, 1.807) is 0 Å². The van der Waals surface area contributed by atoms with E-state index in [1.165, 1.54) is 54.0 Å². The van der Waals surface area contributed by atoms with Gasteiger partial charge in [0.1, 0.15) is 11.1 Å². The highest BCUT2D eigenvalue weighted by atomic mass is 32.1. The van der Waals surface area contributed by atoms with Crippen molar-refractivity contribution in [3.8, 4) is 0 Å². The third-order valence-corrected chi connectivity index (χ3v) is 13.6. The number of aryl methyl sites for hydroxylation is 1. The molecular weight excluding hydrogens is 578 g/mol. The highest BCUT2D eigenvalue weighted by Crippen LogP contribution is 2.60. The zero-order valence-electron chi connectivity index (χ0n) is 28.7. The number of fused-ring (bicyclic) bond motifs is 1. The SMILES string of the molecule is C=C1C(=CC=C2CCC[C@]3(C)[C@@H]([C@H](C)CC[C@@H](OC(=O)C(C)CC)C4(c5ncc(CCCC)s5)CC4)CC[C@@H]23)C[C@@H](O)C[C@@H]1O. The number of esters is 1. The molecule has 4 fully saturated rings.